The van der Waals surface area contributed by atoms with Gasteiger partial charge in [-0.3, -0.25) is 0 Å². The van der Waals surface area contributed by atoms with Crippen LogP contribution in [0.5, 0.6) is 0 Å². The predicted molar refractivity (Wildman–Crippen MR) is 61.8 cm³/mol. The summed E-state index contributed by atoms with van der Waals surface area (Å²) < 4.78 is 0. The van der Waals surface area contributed by atoms with Crippen molar-refractivity contribution in [1.82, 2.24) is 0 Å². The molecule has 0 saturated carbocycles. The molecule has 0 bridgehead atoms. The molecule has 0 heterocycles. The first-order valence-corrected chi connectivity index (χ1v) is 13.4. The van der Waals surface area contributed by atoms with E-state index in [0.717, 1.165) is 7.96 Å². The van der Waals surface area contributed by atoms with E-state index in [9.17, 15) is 0 Å². The molecule has 0 amide bonds. The minimum atomic E-state index is 1.14. The molecule has 0 rings (SSSR count). The van der Waals surface area contributed by atoms with E-state index in [1.807, 2.05) is 0 Å². The summed E-state index contributed by atoms with van der Waals surface area (Å²) in [5.41, 5.74) is 0. The van der Waals surface area contributed by atoms with Gasteiger partial charge in [0.15, 0.2) is 0 Å². The van der Waals surface area contributed by atoms with Crippen molar-refractivity contribution >= 4 is 49.0 Å². The zero-order valence-electron chi connectivity index (χ0n) is 4.78. The standard InChI is InChI=1S/C2H12P6/c1-2-4-6-8-7-5-3/h4-8H,2-3H2,1H3. The second-order valence-corrected chi connectivity index (χ2v) is 16.7. The van der Waals surface area contributed by atoms with Crippen LogP contribution in [-0.4, -0.2) is 6.16 Å². The van der Waals surface area contributed by atoms with Crippen molar-refractivity contribution in [2.75, 3.05) is 6.16 Å². The van der Waals surface area contributed by atoms with E-state index < -0.39 is 0 Å². The van der Waals surface area contributed by atoms with Gasteiger partial charge in [-0.1, -0.05) is 47.0 Å². The predicted octanol–water partition coefficient (Wildman–Crippen LogP) is 3.85. The number of hydrogen-bond donors (Lipinski definition) is 0. The Morgan fingerprint density at radius 2 is 2.00 bits per heavy atom. The van der Waals surface area contributed by atoms with Crippen LogP contribution >= 0.6 is 49.0 Å². The fourth-order valence-corrected chi connectivity index (χ4v) is 22.3. The zero-order valence-corrected chi connectivity index (χ0v) is 10.9. The van der Waals surface area contributed by atoms with Gasteiger partial charge in [0.1, 0.15) is 0 Å². The summed E-state index contributed by atoms with van der Waals surface area (Å²) in [5.74, 6) is 0. The fraction of sp³-hybridized carbons (Fsp3) is 1.00. The lowest BCUT2D eigenvalue weighted by Gasteiger charge is -1.95. The molecule has 6 heteroatoms. The molecule has 0 aromatic carbocycles. The summed E-state index contributed by atoms with van der Waals surface area (Å²) >= 11 is 0. The van der Waals surface area contributed by atoms with Crippen LogP contribution in [0.15, 0.2) is 0 Å². The monoisotopic (exact) mass is 222 g/mol. The zero-order chi connectivity index (χ0) is 6.24. The second kappa shape index (κ2) is 9.58. The lowest BCUT2D eigenvalue weighted by Crippen LogP contribution is -1.43. The van der Waals surface area contributed by atoms with Crippen molar-refractivity contribution in [2.24, 2.45) is 0 Å². The van der Waals surface area contributed by atoms with Crippen LogP contribution in [-0.2, 0) is 0 Å². The van der Waals surface area contributed by atoms with E-state index in [2.05, 4.69) is 15.9 Å². The summed E-state index contributed by atoms with van der Waals surface area (Å²) in [4.78, 5) is 0. The van der Waals surface area contributed by atoms with E-state index in [-0.39, 0.29) is 0 Å². The topological polar surface area (TPSA) is 0 Å². The van der Waals surface area contributed by atoms with Gasteiger partial charge >= 0.3 is 0 Å². The van der Waals surface area contributed by atoms with Crippen LogP contribution in [0.3, 0.4) is 0 Å². The van der Waals surface area contributed by atoms with Crippen molar-refractivity contribution < 1.29 is 0 Å². The van der Waals surface area contributed by atoms with Crippen LogP contribution < -0.4 is 0 Å². The summed E-state index contributed by atoms with van der Waals surface area (Å²) in [6.45, 7) is 2.28. The van der Waals surface area contributed by atoms with Gasteiger partial charge in [0.25, 0.3) is 0 Å². The molecule has 0 spiro atoms. The molecular weight excluding hydrogens is 210 g/mol. The van der Waals surface area contributed by atoms with Crippen LogP contribution in [0, 0.1) is 0 Å². The van der Waals surface area contributed by atoms with Gasteiger partial charge in [0, 0.05) is 0 Å². The highest BCUT2D eigenvalue weighted by molar-refractivity contribution is 8.74. The maximum Gasteiger partial charge on any atom is -0.0342 e. The highest BCUT2D eigenvalue weighted by Crippen LogP contribution is 2.70. The molecule has 6 atom stereocenters. The first kappa shape index (κ1) is 10.6. The normalized spacial score (nSPS) is 17.2. The molecule has 50 valence electrons. The van der Waals surface area contributed by atoms with Gasteiger partial charge in [-0.2, -0.15) is 0 Å². The summed E-state index contributed by atoms with van der Waals surface area (Å²) in [7, 11) is 9.09. The Balaban J connectivity index is 2.53. The molecule has 0 aliphatic carbocycles. The summed E-state index contributed by atoms with van der Waals surface area (Å²) in [6.07, 6.45) is 1.41. The minimum absolute atomic E-state index is 1.14. The smallest absolute Gasteiger partial charge is 0.0342 e. The molecule has 8 heavy (non-hydrogen) atoms. The van der Waals surface area contributed by atoms with Gasteiger partial charge in [0.05, 0.1) is 0 Å². The van der Waals surface area contributed by atoms with Crippen LogP contribution in [0.25, 0.3) is 0 Å². The average Bonchev–Trinajstić information content (AvgIpc) is 1.81. The van der Waals surface area contributed by atoms with Gasteiger partial charge in [-0.05, 0) is 6.16 Å². The van der Waals surface area contributed by atoms with Crippen LogP contribution in [0.1, 0.15) is 6.92 Å². The third-order valence-electron chi connectivity index (χ3n) is 0.462. The Labute approximate surface area is 62.5 Å². The molecule has 6 unspecified atom stereocenters. The molecule has 0 radical (unpaired) electrons. The quantitative estimate of drug-likeness (QED) is 0.489. The van der Waals surface area contributed by atoms with E-state index >= 15 is 0 Å². The Morgan fingerprint density at radius 3 is 2.50 bits per heavy atom. The Hall–Kier alpha value is 2.58. The molecule has 0 aromatic rings. The van der Waals surface area contributed by atoms with E-state index in [1.54, 1.807) is 0 Å². The van der Waals surface area contributed by atoms with Gasteiger partial charge in [-0.25, -0.2) is 0 Å². The lowest BCUT2D eigenvalue weighted by atomic mass is 11.0. The molecule has 0 fully saturated rings. The van der Waals surface area contributed by atoms with E-state index in [4.69, 9.17) is 0 Å². The molecule has 0 aliphatic rings. The largest absolute Gasteiger partial charge is 0.110 e. The van der Waals surface area contributed by atoms with Crippen LogP contribution in [0.2, 0.25) is 0 Å². The van der Waals surface area contributed by atoms with Crippen molar-refractivity contribution in [3.05, 3.63) is 0 Å². The van der Waals surface area contributed by atoms with Gasteiger partial charge in [-0.15, -0.1) is 8.93 Å². The SMILES string of the molecule is CCPPPPPP. The summed E-state index contributed by atoms with van der Waals surface area (Å²) in [5, 5.41) is 0. The summed E-state index contributed by atoms with van der Waals surface area (Å²) in [6, 6.07) is 0. The molecule has 0 saturated heterocycles. The van der Waals surface area contributed by atoms with Crippen LogP contribution in [0.4, 0.5) is 0 Å². The minimum Gasteiger partial charge on any atom is -0.110 e. The number of hydrogen-bond acceptors (Lipinski definition) is 0. The lowest BCUT2D eigenvalue weighted by molar-refractivity contribution is 1.53. The van der Waals surface area contributed by atoms with Crippen molar-refractivity contribution in [2.45, 2.75) is 6.92 Å². The fourth-order valence-electron chi connectivity index (χ4n) is 0.200. The molecule has 0 nitrogen and oxygen atoms in total. The van der Waals surface area contributed by atoms with Gasteiger partial charge in [0.2, 0.25) is 0 Å². The average molecular weight is 222 g/mol. The number of rotatable bonds is 5. The molecular formula is C2H12P6. The van der Waals surface area contributed by atoms with E-state index in [1.165, 1.54) is 38.3 Å². The first-order chi connectivity index (χ1) is 3.91. The molecule has 0 aromatic heterocycles. The van der Waals surface area contributed by atoms with Gasteiger partial charge < -0.3 is 0 Å². The molecule has 0 aliphatic heterocycles. The molecule has 0 N–H and O–H groups in total. The van der Waals surface area contributed by atoms with Crippen molar-refractivity contribution in [3.63, 3.8) is 0 Å². The Kier molecular flexibility index (Phi) is 12.7. The second-order valence-electron chi connectivity index (χ2n) is 1.05. The van der Waals surface area contributed by atoms with Crippen molar-refractivity contribution in [1.29, 1.82) is 0 Å². The maximum atomic E-state index is 2.82. The Bertz CT molecular complexity index is 31.5. The Morgan fingerprint density at radius 1 is 1.25 bits per heavy atom. The van der Waals surface area contributed by atoms with E-state index in [0.29, 0.717) is 0 Å². The maximum absolute atomic E-state index is 2.82. The highest BCUT2D eigenvalue weighted by atomic mass is 32.8. The van der Waals surface area contributed by atoms with Crippen molar-refractivity contribution in [3.8, 4) is 0 Å². The third-order valence-corrected chi connectivity index (χ3v) is 19.9. The first-order valence-electron chi connectivity index (χ1n) is 2.35. The third kappa shape index (κ3) is 8.58. The highest BCUT2D eigenvalue weighted by Gasteiger charge is 1.81.